The number of sulfonamides is 1. The van der Waals surface area contributed by atoms with Gasteiger partial charge in [-0.2, -0.15) is 0 Å². The summed E-state index contributed by atoms with van der Waals surface area (Å²) in [7, 11) is -3.86. The van der Waals surface area contributed by atoms with Gasteiger partial charge in [0.25, 0.3) is 5.56 Å². The lowest BCUT2D eigenvalue weighted by atomic mass is 9.95. The number of amides is 1. The zero-order valence-electron chi connectivity index (χ0n) is 19.2. The fraction of sp³-hybridized carbons (Fsp3) is 0.292. The highest BCUT2D eigenvalue weighted by Crippen LogP contribution is 2.27. The number of carbonyl (C=O) groups is 1. The number of benzene rings is 1. The number of rotatable bonds is 10. The number of nitrogens with two attached hydrogens (primary N) is 1. The molecule has 1 aromatic carbocycles. The van der Waals surface area contributed by atoms with Crippen LogP contribution in [0.25, 0.3) is 5.70 Å². The molecule has 9 nitrogen and oxygen atoms in total. The Morgan fingerprint density at radius 2 is 1.91 bits per heavy atom. The van der Waals surface area contributed by atoms with Gasteiger partial charge in [0, 0.05) is 17.8 Å². The van der Waals surface area contributed by atoms with Crippen LogP contribution in [-0.4, -0.2) is 37.8 Å². The molecule has 4 N–H and O–H groups in total. The monoisotopic (exact) mass is 483 g/mol. The normalized spacial score (nSPS) is 16.2. The average Bonchev–Trinajstić information content (AvgIpc) is 2.78. The molecule has 0 fully saturated rings. The van der Waals surface area contributed by atoms with Crippen molar-refractivity contribution in [3.63, 3.8) is 0 Å². The van der Waals surface area contributed by atoms with Crippen molar-refractivity contribution >= 4 is 33.7 Å². The fourth-order valence-electron chi connectivity index (χ4n) is 3.84. The van der Waals surface area contributed by atoms with Crippen LogP contribution >= 0.6 is 0 Å². The fourth-order valence-corrected chi connectivity index (χ4v) is 5.04. The van der Waals surface area contributed by atoms with Crippen molar-refractivity contribution in [2.75, 3.05) is 11.3 Å². The molecule has 0 radical (unpaired) electrons. The van der Waals surface area contributed by atoms with E-state index in [1.165, 1.54) is 10.6 Å². The predicted molar refractivity (Wildman–Crippen MR) is 135 cm³/mol. The van der Waals surface area contributed by atoms with Gasteiger partial charge in [-0.15, -0.1) is 0 Å². The second-order valence-corrected chi connectivity index (χ2v) is 9.74. The largest absolute Gasteiger partial charge is 0.382 e. The highest BCUT2D eigenvalue weighted by molar-refractivity contribution is 7.91. The number of amidine groups is 1. The summed E-state index contributed by atoms with van der Waals surface area (Å²) in [5, 5.41) is 2.60. The minimum atomic E-state index is -3.86. The number of pyridine rings is 1. The van der Waals surface area contributed by atoms with Crippen LogP contribution < -0.4 is 21.3 Å². The van der Waals surface area contributed by atoms with Crippen LogP contribution in [0.2, 0.25) is 0 Å². The number of carbonyl (C=O) groups excluding carboxylic acids is 1. The zero-order valence-corrected chi connectivity index (χ0v) is 20.1. The number of hydrogen-bond donors (Lipinski definition) is 3. The molecule has 1 unspecified atom stereocenters. The van der Waals surface area contributed by atoms with Gasteiger partial charge in [-0.1, -0.05) is 50.3 Å². The van der Waals surface area contributed by atoms with Crippen LogP contribution in [-0.2, 0) is 27.0 Å². The van der Waals surface area contributed by atoms with Crippen molar-refractivity contribution in [1.29, 1.82) is 0 Å². The van der Waals surface area contributed by atoms with Crippen LogP contribution in [0.1, 0.15) is 31.5 Å². The number of hydrogen-bond acceptors (Lipinski definition) is 6. The van der Waals surface area contributed by atoms with Crippen LogP contribution in [0, 0.1) is 0 Å². The summed E-state index contributed by atoms with van der Waals surface area (Å²) >= 11 is 0. The third kappa shape index (κ3) is 5.45. The quantitative estimate of drug-likeness (QED) is 0.444. The van der Waals surface area contributed by atoms with Gasteiger partial charge in [0.2, 0.25) is 16.4 Å². The first-order chi connectivity index (χ1) is 16.2. The van der Waals surface area contributed by atoms with Gasteiger partial charge in [0.05, 0.1) is 17.5 Å². The SMILES string of the molecule is C=C1C(CNC=O)=C(n2c(CCC)ccc(NS(=O)(=O)Cc3ccccc3)c2=O)C(N)=NC1C. The number of aliphatic imine (C=N–C) groups is 1. The van der Waals surface area contributed by atoms with E-state index in [-0.39, 0.29) is 29.9 Å². The summed E-state index contributed by atoms with van der Waals surface area (Å²) in [6, 6.07) is 11.5. The Bertz CT molecular complexity index is 1310. The molecule has 0 saturated carbocycles. The molecule has 2 aromatic rings. The number of dihydropyridines is 1. The number of nitrogens with zero attached hydrogens (tertiary/aromatic N) is 2. The van der Waals surface area contributed by atoms with Crippen molar-refractivity contribution in [1.82, 2.24) is 9.88 Å². The van der Waals surface area contributed by atoms with Crippen molar-refractivity contribution in [3.05, 3.63) is 81.8 Å². The van der Waals surface area contributed by atoms with Crippen LogP contribution in [0.4, 0.5) is 5.69 Å². The Morgan fingerprint density at radius 1 is 1.21 bits per heavy atom. The maximum Gasteiger partial charge on any atom is 0.279 e. The molecular weight excluding hydrogens is 454 g/mol. The minimum Gasteiger partial charge on any atom is -0.382 e. The van der Waals surface area contributed by atoms with Gasteiger partial charge in [0.1, 0.15) is 11.5 Å². The van der Waals surface area contributed by atoms with Gasteiger partial charge < -0.3 is 11.1 Å². The van der Waals surface area contributed by atoms with E-state index in [9.17, 15) is 18.0 Å². The lowest BCUT2D eigenvalue weighted by molar-refractivity contribution is -0.109. The summed E-state index contributed by atoms with van der Waals surface area (Å²) in [4.78, 5) is 29.0. The van der Waals surface area contributed by atoms with Gasteiger partial charge in [-0.3, -0.25) is 23.9 Å². The smallest absolute Gasteiger partial charge is 0.279 e. The maximum absolute atomic E-state index is 13.6. The lowest BCUT2D eigenvalue weighted by Crippen LogP contribution is -2.37. The van der Waals surface area contributed by atoms with Crippen molar-refractivity contribution < 1.29 is 13.2 Å². The van der Waals surface area contributed by atoms with E-state index < -0.39 is 15.6 Å². The third-order valence-electron chi connectivity index (χ3n) is 5.47. The molecule has 1 aliphatic rings. The molecule has 1 aliphatic heterocycles. The molecule has 34 heavy (non-hydrogen) atoms. The minimum absolute atomic E-state index is 0.0974. The first-order valence-corrected chi connectivity index (χ1v) is 12.6. The van der Waals surface area contributed by atoms with E-state index in [0.717, 1.165) is 6.42 Å². The molecule has 0 saturated heterocycles. The number of nitrogens with one attached hydrogen (secondary N) is 2. The van der Waals surface area contributed by atoms with Gasteiger partial charge >= 0.3 is 0 Å². The average molecular weight is 484 g/mol. The first kappa shape index (κ1) is 25.0. The van der Waals surface area contributed by atoms with Crippen LogP contribution in [0.5, 0.6) is 0 Å². The summed E-state index contributed by atoms with van der Waals surface area (Å²) in [5.41, 5.74) is 8.30. The Kier molecular flexibility index (Phi) is 7.72. The van der Waals surface area contributed by atoms with Crippen molar-refractivity contribution in [3.8, 4) is 0 Å². The number of anilines is 1. The highest BCUT2D eigenvalue weighted by Gasteiger charge is 2.27. The Balaban J connectivity index is 2.14. The second kappa shape index (κ2) is 10.5. The maximum atomic E-state index is 13.6. The Morgan fingerprint density at radius 3 is 2.56 bits per heavy atom. The van der Waals surface area contributed by atoms with E-state index in [1.807, 2.05) is 13.8 Å². The summed E-state index contributed by atoms with van der Waals surface area (Å²) in [6.07, 6.45) is 1.83. The molecule has 10 heteroatoms. The molecule has 1 amide bonds. The molecule has 3 rings (SSSR count). The van der Waals surface area contributed by atoms with Crippen LogP contribution in [0.3, 0.4) is 0 Å². The number of aromatic nitrogens is 1. The molecule has 0 bridgehead atoms. The van der Waals surface area contributed by atoms with Gasteiger partial charge in [-0.25, -0.2) is 8.42 Å². The second-order valence-electron chi connectivity index (χ2n) is 8.02. The summed E-state index contributed by atoms with van der Waals surface area (Å²) in [5.74, 6) is -0.162. The lowest BCUT2D eigenvalue weighted by Gasteiger charge is -2.27. The van der Waals surface area contributed by atoms with Crippen LogP contribution in [0.15, 0.2) is 70.0 Å². The van der Waals surface area contributed by atoms with Crippen molar-refractivity contribution in [2.24, 2.45) is 10.7 Å². The Labute approximate surface area is 199 Å². The highest BCUT2D eigenvalue weighted by atomic mass is 32.2. The molecule has 0 spiro atoms. The standard InChI is InChI=1S/C24H29N5O4S/c1-4-8-19-11-12-21(28-34(32,33)14-18-9-6-5-7-10-18)24(31)29(19)22-20(13-26-15-30)16(2)17(3)27-23(22)25/h5-7,9-12,15,17,28H,2,4,8,13-14H2,1,3H3,(H2,25,27)(H,26,30). The van der Waals surface area contributed by atoms with E-state index in [2.05, 4.69) is 21.6 Å². The van der Waals surface area contributed by atoms with E-state index in [0.29, 0.717) is 40.9 Å². The predicted octanol–water partition coefficient (Wildman–Crippen LogP) is 2.02. The zero-order chi connectivity index (χ0) is 24.9. The van der Waals surface area contributed by atoms with E-state index in [4.69, 9.17) is 5.73 Å². The Hall–Kier alpha value is -3.66. The van der Waals surface area contributed by atoms with Crippen molar-refractivity contribution in [2.45, 2.75) is 38.5 Å². The number of aryl methyl sites for hydroxylation is 1. The summed E-state index contributed by atoms with van der Waals surface area (Å²) < 4.78 is 29.4. The van der Waals surface area contributed by atoms with E-state index in [1.54, 1.807) is 36.4 Å². The molecule has 1 atom stereocenters. The molecule has 1 aromatic heterocycles. The third-order valence-corrected chi connectivity index (χ3v) is 6.72. The topological polar surface area (TPSA) is 136 Å². The molecule has 180 valence electrons. The summed E-state index contributed by atoms with van der Waals surface area (Å²) in [6.45, 7) is 7.95. The first-order valence-electron chi connectivity index (χ1n) is 10.9. The van der Waals surface area contributed by atoms with Gasteiger partial charge in [0.15, 0.2) is 0 Å². The van der Waals surface area contributed by atoms with Gasteiger partial charge in [-0.05, 0) is 36.6 Å². The molecular formula is C24H29N5O4S. The molecule has 0 aliphatic carbocycles. The molecule has 2 heterocycles. The van der Waals surface area contributed by atoms with E-state index >= 15 is 0 Å².